The Morgan fingerprint density at radius 3 is 2.75 bits per heavy atom. The first-order valence-corrected chi connectivity index (χ1v) is 5.97. The molecule has 0 aromatic carbocycles. The van der Waals surface area contributed by atoms with Gasteiger partial charge >= 0.3 is 6.03 Å². The van der Waals surface area contributed by atoms with Crippen molar-refractivity contribution in [3.63, 3.8) is 0 Å². The number of hydrogen-bond donors (Lipinski definition) is 1. The number of nitrogens with zero attached hydrogens (tertiary/aromatic N) is 2. The molecule has 1 aliphatic heterocycles. The van der Waals surface area contributed by atoms with E-state index in [2.05, 4.69) is 17.2 Å². The molecule has 0 spiro atoms. The Kier molecular flexibility index (Phi) is 3.68. The fourth-order valence-electron chi connectivity index (χ4n) is 2.19. The summed E-state index contributed by atoms with van der Waals surface area (Å²) in [5.41, 5.74) is 0. The fraction of sp³-hybridized carbons (Fsp3) is 0.750. The van der Waals surface area contributed by atoms with Crippen LogP contribution in [0.4, 0.5) is 4.79 Å². The molecule has 0 radical (unpaired) electrons. The Bertz CT molecular complexity index is 312. The standard InChI is InChI=1S/C12H19N3O/c1-14(11-5-3-2-4-6-11)12(16)15-9-7-13-8-10-15/h11,13H,3,5-10H2,1H3. The van der Waals surface area contributed by atoms with Crippen molar-refractivity contribution in [2.24, 2.45) is 0 Å². The summed E-state index contributed by atoms with van der Waals surface area (Å²) in [6.07, 6.45) is 2.76. The van der Waals surface area contributed by atoms with Crippen molar-refractivity contribution in [2.75, 3.05) is 33.2 Å². The second-order valence-electron chi connectivity index (χ2n) is 4.38. The van der Waals surface area contributed by atoms with Crippen LogP contribution >= 0.6 is 0 Å². The molecule has 0 aromatic heterocycles. The maximum Gasteiger partial charge on any atom is 0.320 e. The van der Waals surface area contributed by atoms with Crippen LogP contribution in [0.15, 0.2) is 0 Å². The molecule has 0 saturated carbocycles. The normalized spacial score (nSPS) is 24.6. The lowest BCUT2D eigenvalue weighted by molar-refractivity contribution is 0.138. The molecule has 0 aromatic rings. The molecular formula is C12H19N3O. The molecule has 2 aliphatic rings. The van der Waals surface area contributed by atoms with Crippen LogP contribution in [0.2, 0.25) is 0 Å². The Labute approximate surface area is 97.0 Å². The molecule has 4 heteroatoms. The lowest BCUT2D eigenvalue weighted by atomic mass is 10.0. The summed E-state index contributed by atoms with van der Waals surface area (Å²) in [4.78, 5) is 16.0. The zero-order chi connectivity index (χ0) is 11.4. The first kappa shape index (κ1) is 11.3. The van der Waals surface area contributed by atoms with Crippen LogP contribution in [-0.2, 0) is 0 Å². The minimum Gasteiger partial charge on any atom is -0.324 e. The highest BCUT2D eigenvalue weighted by atomic mass is 16.2. The molecule has 2 amide bonds. The van der Waals surface area contributed by atoms with Gasteiger partial charge in [0.2, 0.25) is 0 Å². The summed E-state index contributed by atoms with van der Waals surface area (Å²) in [5, 5.41) is 3.25. The van der Waals surface area contributed by atoms with Crippen molar-refractivity contribution < 1.29 is 4.79 Å². The van der Waals surface area contributed by atoms with E-state index in [4.69, 9.17) is 0 Å². The van der Waals surface area contributed by atoms with Crippen LogP contribution in [0.25, 0.3) is 0 Å². The smallest absolute Gasteiger partial charge is 0.320 e. The molecule has 1 aliphatic carbocycles. The SMILES string of the molecule is CN(C(=O)N1CCNCC1)C1CC#CCC1. The van der Waals surface area contributed by atoms with Gasteiger partial charge in [0, 0.05) is 52.1 Å². The molecule has 0 bridgehead atoms. The maximum atomic E-state index is 12.2. The molecule has 1 saturated heterocycles. The number of hydrogen-bond acceptors (Lipinski definition) is 2. The summed E-state index contributed by atoms with van der Waals surface area (Å²) in [5.74, 6) is 6.18. The van der Waals surface area contributed by atoms with Gasteiger partial charge in [-0.1, -0.05) is 0 Å². The molecule has 2 rings (SSSR count). The van der Waals surface area contributed by atoms with Crippen LogP contribution in [-0.4, -0.2) is 55.1 Å². The van der Waals surface area contributed by atoms with Crippen LogP contribution in [0, 0.1) is 11.8 Å². The van der Waals surface area contributed by atoms with E-state index < -0.39 is 0 Å². The minimum absolute atomic E-state index is 0.162. The highest BCUT2D eigenvalue weighted by Crippen LogP contribution is 2.14. The van der Waals surface area contributed by atoms with Crippen molar-refractivity contribution in [1.82, 2.24) is 15.1 Å². The lowest BCUT2D eigenvalue weighted by Crippen LogP contribution is -2.52. The van der Waals surface area contributed by atoms with Crippen molar-refractivity contribution in [2.45, 2.75) is 25.3 Å². The summed E-state index contributed by atoms with van der Waals surface area (Å²) in [6, 6.07) is 0.471. The summed E-state index contributed by atoms with van der Waals surface area (Å²) in [7, 11) is 1.90. The second-order valence-corrected chi connectivity index (χ2v) is 4.38. The number of nitrogens with one attached hydrogen (secondary N) is 1. The molecule has 1 heterocycles. The van der Waals surface area contributed by atoms with Gasteiger partial charge in [0.1, 0.15) is 0 Å². The second kappa shape index (κ2) is 5.22. The van der Waals surface area contributed by atoms with Gasteiger partial charge in [-0.15, -0.1) is 11.8 Å². The quantitative estimate of drug-likeness (QED) is 0.654. The molecule has 1 atom stereocenters. The first-order chi connectivity index (χ1) is 7.79. The van der Waals surface area contributed by atoms with E-state index in [1.54, 1.807) is 0 Å². The van der Waals surface area contributed by atoms with Crippen LogP contribution in [0.5, 0.6) is 0 Å². The molecule has 1 N–H and O–H groups in total. The summed E-state index contributed by atoms with van der Waals surface area (Å²) >= 11 is 0. The number of piperazine rings is 1. The third kappa shape index (κ3) is 2.48. The number of rotatable bonds is 1. The Morgan fingerprint density at radius 1 is 1.38 bits per heavy atom. The number of carbonyl (C=O) groups excluding carboxylic acids is 1. The van der Waals surface area contributed by atoms with E-state index in [0.29, 0.717) is 6.04 Å². The molecule has 16 heavy (non-hydrogen) atoms. The Morgan fingerprint density at radius 2 is 2.12 bits per heavy atom. The molecular weight excluding hydrogens is 202 g/mol. The van der Waals surface area contributed by atoms with E-state index in [0.717, 1.165) is 45.4 Å². The molecule has 1 fully saturated rings. The van der Waals surface area contributed by atoms with E-state index >= 15 is 0 Å². The first-order valence-electron chi connectivity index (χ1n) is 5.97. The van der Waals surface area contributed by atoms with Gasteiger partial charge in [-0.25, -0.2) is 4.79 Å². The van der Waals surface area contributed by atoms with Crippen molar-refractivity contribution in [1.29, 1.82) is 0 Å². The highest BCUT2D eigenvalue weighted by molar-refractivity contribution is 5.74. The topological polar surface area (TPSA) is 35.6 Å². The number of carbonyl (C=O) groups is 1. The van der Waals surface area contributed by atoms with Gasteiger partial charge in [0.25, 0.3) is 0 Å². The van der Waals surface area contributed by atoms with E-state index in [1.165, 1.54) is 0 Å². The van der Waals surface area contributed by atoms with Gasteiger partial charge in [0.15, 0.2) is 0 Å². The monoisotopic (exact) mass is 221 g/mol. The average molecular weight is 221 g/mol. The Hall–Kier alpha value is -1.21. The van der Waals surface area contributed by atoms with Crippen molar-refractivity contribution in [3.8, 4) is 11.8 Å². The third-order valence-electron chi connectivity index (χ3n) is 3.30. The van der Waals surface area contributed by atoms with Crippen LogP contribution in [0.1, 0.15) is 19.3 Å². The van der Waals surface area contributed by atoms with Gasteiger partial charge in [-0.2, -0.15) is 0 Å². The lowest BCUT2D eigenvalue weighted by Gasteiger charge is -2.35. The molecule has 4 nitrogen and oxygen atoms in total. The van der Waals surface area contributed by atoms with Crippen molar-refractivity contribution in [3.05, 3.63) is 0 Å². The van der Waals surface area contributed by atoms with Gasteiger partial charge < -0.3 is 15.1 Å². The highest BCUT2D eigenvalue weighted by Gasteiger charge is 2.25. The summed E-state index contributed by atoms with van der Waals surface area (Å²) in [6.45, 7) is 3.46. The number of urea groups is 1. The zero-order valence-corrected chi connectivity index (χ0v) is 9.83. The predicted molar refractivity (Wildman–Crippen MR) is 63.0 cm³/mol. The summed E-state index contributed by atoms with van der Waals surface area (Å²) < 4.78 is 0. The van der Waals surface area contributed by atoms with E-state index in [9.17, 15) is 4.79 Å². The van der Waals surface area contributed by atoms with E-state index in [1.807, 2.05) is 16.8 Å². The molecule has 88 valence electrons. The number of amides is 2. The largest absolute Gasteiger partial charge is 0.324 e. The van der Waals surface area contributed by atoms with Gasteiger partial charge in [-0.05, 0) is 6.42 Å². The van der Waals surface area contributed by atoms with E-state index in [-0.39, 0.29) is 6.03 Å². The molecule has 1 unspecified atom stereocenters. The fourth-order valence-corrected chi connectivity index (χ4v) is 2.19. The third-order valence-corrected chi connectivity index (χ3v) is 3.30. The van der Waals surface area contributed by atoms with Gasteiger partial charge in [0.05, 0.1) is 0 Å². The average Bonchev–Trinajstić information content (AvgIpc) is 2.39. The maximum absolute atomic E-state index is 12.2. The minimum atomic E-state index is 0.162. The van der Waals surface area contributed by atoms with Crippen molar-refractivity contribution >= 4 is 6.03 Å². The predicted octanol–water partition coefficient (Wildman–Crippen LogP) is 0.499. The van der Waals surface area contributed by atoms with Crippen LogP contribution < -0.4 is 5.32 Å². The zero-order valence-electron chi connectivity index (χ0n) is 9.83. The van der Waals surface area contributed by atoms with Gasteiger partial charge in [-0.3, -0.25) is 0 Å². The van der Waals surface area contributed by atoms with Crippen LogP contribution in [0.3, 0.4) is 0 Å². The Balaban J connectivity index is 1.90.